The first kappa shape index (κ1) is 23.6. The molecule has 3 rings (SSSR count). The Morgan fingerprint density at radius 2 is 1.72 bits per heavy atom. The SMILES string of the molecule is CCN(CC)S(=O)(=O)c1ccc(C(=O)OCC(=O)NC(C)c2ccc3c(c2)OCO3)cc1. The molecule has 0 bridgehead atoms. The third kappa shape index (κ3) is 5.20. The highest BCUT2D eigenvalue weighted by Gasteiger charge is 2.22. The molecule has 9 nitrogen and oxygen atoms in total. The summed E-state index contributed by atoms with van der Waals surface area (Å²) in [5.74, 6) is 0.0746. The average Bonchev–Trinajstić information content (AvgIpc) is 3.26. The minimum absolute atomic E-state index is 0.0908. The lowest BCUT2D eigenvalue weighted by Gasteiger charge is -2.18. The Labute approximate surface area is 187 Å². The molecule has 32 heavy (non-hydrogen) atoms. The van der Waals surface area contributed by atoms with Crippen LogP contribution in [-0.2, 0) is 19.6 Å². The molecule has 1 unspecified atom stereocenters. The quantitative estimate of drug-likeness (QED) is 0.570. The summed E-state index contributed by atoms with van der Waals surface area (Å²) >= 11 is 0. The minimum atomic E-state index is -3.61. The minimum Gasteiger partial charge on any atom is -0.454 e. The maximum absolute atomic E-state index is 12.5. The van der Waals surface area contributed by atoms with Crippen molar-refractivity contribution in [3.8, 4) is 11.5 Å². The smallest absolute Gasteiger partial charge is 0.338 e. The van der Waals surface area contributed by atoms with E-state index in [2.05, 4.69) is 5.32 Å². The van der Waals surface area contributed by atoms with E-state index < -0.39 is 28.5 Å². The summed E-state index contributed by atoms with van der Waals surface area (Å²) in [6.07, 6.45) is 0. The molecule has 172 valence electrons. The molecular weight excluding hydrogens is 436 g/mol. The van der Waals surface area contributed by atoms with Crippen molar-refractivity contribution in [1.82, 2.24) is 9.62 Å². The van der Waals surface area contributed by atoms with Crippen LogP contribution < -0.4 is 14.8 Å². The van der Waals surface area contributed by atoms with Crippen molar-refractivity contribution in [3.05, 3.63) is 53.6 Å². The lowest BCUT2D eigenvalue weighted by Crippen LogP contribution is -2.31. The van der Waals surface area contributed by atoms with Crippen molar-refractivity contribution in [2.24, 2.45) is 0 Å². The van der Waals surface area contributed by atoms with Crippen molar-refractivity contribution < 1.29 is 32.2 Å². The van der Waals surface area contributed by atoms with E-state index in [1.54, 1.807) is 32.9 Å². The van der Waals surface area contributed by atoms with E-state index in [4.69, 9.17) is 14.2 Å². The highest BCUT2D eigenvalue weighted by atomic mass is 32.2. The van der Waals surface area contributed by atoms with Gasteiger partial charge in [-0.15, -0.1) is 0 Å². The van der Waals surface area contributed by atoms with E-state index >= 15 is 0 Å². The maximum Gasteiger partial charge on any atom is 0.338 e. The first-order valence-electron chi connectivity index (χ1n) is 10.2. The topological polar surface area (TPSA) is 111 Å². The number of sulfonamides is 1. The Hall–Kier alpha value is -3.11. The van der Waals surface area contributed by atoms with Gasteiger partial charge in [0.2, 0.25) is 16.8 Å². The molecule has 10 heteroatoms. The second-order valence-electron chi connectivity index (χ2n) is 7.09. The summed E-state index contributed by atoms with van der Waals surface area (Å²) in [6, 6.07) is 10.5. The molecule has 0 fully saturated rings. The van der Waals surface area contributed by atoms with E-state index in [1.165, 1.54) is 28.6 Å². The van der Waals surface area contributed by atoms with E-state index in [9.17, 15) is 18.0 Å². The zero-order valence-corrected chi connectivity index (χ0v) is 19.0. The first-order chi connectivity index (χ1) is 15.3. The molecule has 1 aliphatic rings. The third-order valence-corrected chi connectivity index (χ3v) is 7.11. The summed E-state index contributed by atoms with van der Waals surface area (Å²) in [7, 11) is -3.61. The number of esters is 1. The third-order valence-electron chi connectivity index (χ3n) is 5.04. The zero-order valence-electron chi connectivity index (χ0n) is 18.2. The second-order valence-corrected chi connectivity index (χ2v) is 9.03. The number of fused-ring (bicyclic) bond motifs is 1. The summed E-state index contributed by atoms with van der Waals surface area (Å²) in [4.78, 5) is 24.5. The van der Waals surface area contributed by atoms with Gasteiger partial charge in [0.25, 0.3) is 5.91 Å². The molecule has 1 amide bonds. The lowest BCUT2D eigenvalue weighted by atomic mass is 10.1. The Morgan fingerprint density at radius 3 is 2.38 bits per heavy atom. The van der Waals surface area contributed by atoms with Crippen molar-refractivity contribution >= 4 is 21.9 Å². The van der Waals surface area contributed by atoms with Crippen LogP contribution in [0.25, 0.3) is 0 Å². The summed E-state index contributed by atoms with van der Waals surface area (Å²) in [6.45, 7) is 5.71. The van der Waals surface area contributed by atoms with E-state index in [0.29, 0.717) is 24.6 Å². The predicted octanol–water partition coefficient (Wildman–Crippen LogP) is 2.48. The Morgan fingerprint density at radius 1 is 1.06 bits per heavy atom. The van der Waals surface area contributed by atoms with Crippen molar-refractivity contribution in [3.63, 3.8) is 0 Å². The molecule has 0 saturated heterocycles. The second kappa shape index (κ2) is 10.0. The molecular formula is C22H26N2O7S. The van der Waals surface area contributed by atoms with Crippen molar-refractivity contribution in [1.29, 1.82) is 0 Å². The van der Waals surface area contributed by atoms with Crippen molar-refractivity contribution in [2.45, 2.75) is 31.7 Å². The van der Waals surface area contributed by atoms with Gasteiger partial charge in [0.1, 0.15) is 0 Å². The molecule has 0 radical (unpaired) electrons. The van der Waals surface area contributed by atoms with Gasteiger partial charge in [-0.05, 0) is 48.9 Å². The molecule has 2 aromatic rings. The van der Waals surface area contributed by atoms with Crippen LogP contribution in [0.4, 0.5) is 0 Å². The van der Waals surface area contributed by atoms with Gasteiger partial charge in [0.15, 0.2) is 18.1 Å². The van der Waals surface area contributed by atoms with Gasteiger partial charge < -0.3 is 19.5 Å². The predicted molar refractivity (Wildman–Crippen MR) is 116 cm³/mol. The Balaban J connectivity index is 1.54. The lowest BCUT2D eigenvalue weighted by molar-refractivity contribution is -0.124. The highest BCUT2D eigenvalue weighted by Crippen LogP contribution is 2.34. The van der Waals surface area contributed by atoms with E-state index in [1.807, 2.05) is 6.07 Å². The summed E-state index contributed by atoms with van der Waals surface area (Å²) in [5.41, 5.74) is 0.971. The average molecular weight is 463 g/mol. The number of benzene rings is 2. The summed E-state index contributed by atoms with van der Waals surface area (Å²) < 4.78 is 42.0. The molecule has 2 aromatic carbocycles. The van der Waals surface area contributed by atoms with Gasteiger partial charge in [-0.3, -0.25) is 4.79 Å². The maximum atomic E-state index is 12.5. The Bertz CT molecular complexity index is 1080. The fourth-order valence-electron chi connectivity index (χ4n) is 3.24. The van der Waals surface area contributed by atoms with Crippen LogP contribution >= 0.6 is 0 Å². The molecule has 1 N–H and O–H groups in total. The number of nitrogens with one attached hydrogen (secondary N) is 1. The zero-order chi connectivity index (χ0) is 23.3. The Kier molecular flexibility index (Phi) is 7.37. The molecule has 1 aliphatic heterocycles. The first-order valence-corrected chi connectivity index (χ1v) is 11.7. The standard InChI is InChI=1S/C22H26N2O7S/c1-4-24(5-2)32(27,28)18-9-6-16(7-10-18)22(26)29-13-21(25)23-15(3)17-8-11-19-20(12-17)31-14-30-19/h6-12,15H,4-5,13-14H2,1-3H3,(H,23,25). The van der Waals surface area contributed by atoms with Crippen molar-refractivity contribution in [2.75, 3.05) is 26.5 Å². The number of carbonyl (C=O) groups excluding carboxylic acids is 2. The normalized spacial score (nSPS) is 13.6. The number of rotatable bonds is 9. The van der Waals surface area contributed by atoms with Gasteiger partial charge in [-0.25, -0.2) is 13.2 Å². The number of carbonyl (C=O) groups is 2. The van der Waals surface area contributed by atoms with Gasteiger partial charge in [0, 0.05) is 13.1 Å². The van der Waals surface area contributed by atoms with Gasteiger partial charge in [0.05, 0.1) is 16.5 Å². The van der Waals surface area contributed by atoms with Crippen LogP contribution in [0.2, 0.25) is 0 Å². The fourth-order valence-corrected chi connectivity index (χ4v) is 4.70. The number of ether oxygens (including phenoxy) is 3. The molecule has 1 atom stereocenters. The largest absolute Gasteiger partial charge is 0.454 e. The molecule has 0 aliphatic carbocycles. The summed E-state index contributed by atoms with van der Waals surface area (Å²) in [5, 5.41) is 2.75. The number of amides is 1. The monoisotopic (exact) mass is 462 g/mol. The van der Waals surface area contributed by atoms with E-state index in [-0.39, 0.29) is 23.3 Å². The molecule has 1 heterocycles. The van der Waals surface area contributed by atoms with Crippen LogP contribution in [0, 0.1) is 0 Å². The van der Waals surface area contributed by atoms with Gasteiger partial charge in [-0.1, -0.05) is 19.9 Å². The molecule has 0 saturated carbocycles. The number of nitrogens with zero attached hydrogens (tertiary/aromatic N) is 1. The highest BCUT2D eigenvalue weighted by molar-refractivity contribution is 7.89. The van der Waals surface area contributed by atoms with Crippen LogP contribution in [-0.4, -0.2) is 51.1 Å². The van der Waals surface area contributed by atoms with Crippen LogP contribution in [0.1, 0.15) is 42.7 Å². The van der Waals surface area contributed by atoms with Gasteiger partial charge >= 0.3 is 5.97 Å². The van der Waals surface area contributed by atoms with Gasteiger partial charge in [-0.2, -0.15) is 4.31 Å². The van der Waals surface area contributed by atoms with E-state index in [0.717, 1.165) is 5.56 Å². The van der Waals surface area contributed by atoms with Crippen LogP contribution in [0.3, 0.4) is 0 Å². The fraction of sp³-hybridized carbons (Fsp3) is 0.364. The van der Waals surface area contributed by atoms with Crippen LogP contribution in [0.5, 0.6) is 11.5 Å². The number of hydrogen-bond acceptors (Lipinski definition) is 7. The van der Waals surface area contributed by atoms with Crippen LogP contribution in [0.15, 0.2) is 47.4 Å². The molecule has 0 aromatic heterocycles. The number of hydrogen-bond donors (Lipinski definition) is 1. The molecule has 0 spiro atoms.